The van der Waals surface area contributed by atoms with Crippen LogP contribution in [0.25, 0.3) is 22.4 Å². The molecule has 3 rings (SSSR count). The highest BCUT2D eigenvalue weighted by atomic mass is 31.2. The number of nitrogens with zero attached hydrogens (tertiary/aromatic N) is 1. The molecule has 0 unspecified atom stereocenters. The van der Waals surface area contributed by atoms with Gasteiger partial charge in [0.2, 0.25) is 0 Å². The number of aryl methyl sites for hydroxylation is 2. The lowest BCUT2D eigenvalue weighted by molar-refractivity contribution is 0.268. The van der Waals surface area contributed by atoms with E-state index in [0.717, 1.165) is 56.4 Å². The summed E-state index contributed by atoms with van der Waals surface area (Å²) in [6.07, 6.45) is 6.51. The van der Waals surface area contributed by atoms with Gasteiger partial charge in [-0.3, -0.25) is 4.98 Å². The monoisotopic (exact) mass is 449 g/mol. The molecule has 0 N–H and O–H groups in total. The van der Waals surface area contributed by atoms with Gasteiger partial charge in [-0.15, -0.1) is 0 Å². The number of unbranched alkanes of at least 4 members (excludes halogenated alkanes) is 2. The summed E-state index contributed by atoms with van der Waals surface area (Å²) in [5, 5.41) is 0. The van der Waals surface area contributed by atoms with E-state index in [-0.39, 0.29) is 0 Å². The zero-order valence-electron chi connectivity index (χ0n) is 19.7. The second kappa shape index (κ2) is 13.5. The molecule has 2 aromatic carbocycles. The van der Waals surface area contributed by atoms with Crippen LogP contribution in [-0.4, -0.2) is 24.4 Å². The first-order valence-electron chi connectivity index (χ1n) is 11.9. The van der Waals surface area contributed by atoms with E-state index in [1.807, 2.05) is 13.8 Å². The Balaban J connectivity index is 1.69. The zero-order valence-corrected chi connectivity index (χ0v) is 20.6. The Bertz CT molecular complexity index is 922. The van der Waals surface area contributed by atoms with E-state index in [2.05, 4.69) is 73.7 Å². The van der Waals surface area contributed by atoms with Gasteiger partial charge in [-0.1, -0.05) is 74.0 Å². The van der Waals surface area contributed by atoms with Crippen molar-refractivity contribution in [2.24, 2.45) is 0 Å². The van der Waals surface area contributed by atoms with Gasteiger partial charge in [0, 0.05) is 23.0 Å². The lowest BCUT2D eigenvalue weighted by atomic mass is 9.97. The first-order chi connectivity index (χ1) is 15.7. The van der Waals surface area contributed by atoms with Crippen molar-refractivity contribution in [2.75, 3.05) is 19.4 Å². The molecule has 1 aromatic heterocycles. The normalized spacial score (nSPS) is 11.2. The van der Waals surface area contributed by atoms with Gasteiger partial charge in [-0.05, 0) is 56.7 Å². The number of hydrogen-bond acceptors (Lipinski definition) is 3. The summed E-state index contributed by atoms with van der Waals surface area (Å²) in [6.45, 7) is 7.71. The number of hydrogen-bond donors (Lipinski definition) is 0. The third-order valence-corrected chi connectivity index (χ3v) is 7.27. The van der Waals surface area contributed by atoms with Crippen molar-refractivity contribution in [1.29, 1.82) is 0 Å². The maximum Gasteiger partial charge on any atom is 0.170 e. The molecule has 1 heterocycles. The predicted octanol–water partition coefficient (Wildman–Crippen LogP) is 8.08. The molecule has 32 heavy (non-hydrogen) atoms. The van der Waals surface area contributed by atoms with Crippen molar-refractivity contribution in [3.63, 3.8) is 0 Å². The molecule has 170 valence electrons. The Morgan fingerprint density at radius 1 is 0.719 bits per heavy atom. The quantitative estimate of drug-likeness (QED) is 0.195. The Labute approximate surface area is 195 Å². The summed E-state index contributed by atoms with van der Waals surface area (Å²) in [5.74, 6) is 0. The van der Waals surface area contributed by atoms with Crippen LogP contribution in [0.3, 0.4) is 0 Å². The van der Waals surface area contributed by atoms with Crippen molar-refractivity contribution >= 4 is 8.38 Å². The molecule has 0 amide bonds. The maximum atomic E-state index is 5.71. The first kappa shape index (κ1) is 24.6. The van der Waals surface area contributed by atoms with Gasteiger partial charge in [0.25, 0.3) is 0 Å². The Kier molecular flexibility index (Phi) is 10.4. The van der Waals surface area contributed by atoms with Crippen molar-refractivity contribution in [2.45, 2.75) is 52.9 Å². The van der Waals surface area contributed by atoms with E-state index in [1.165, 1.54) is 28.7 Å². The van der Waals surface area contributed by atoms with Crippen LogP contribution < -0.4 is 0 Å². The molecule has 0 bridgehead atoms. The summed E-state index contributed by atoms with van der Waals surface area (Å²) < 4.78 is 11.4. The molecule has 0 fully saturated rings. The number of benzene rings is 2. The summed E-state index contributed by atoms with van der Waals surface area (Å²) in [7, 11) is -0.717. The van der Waals surface area contributed by atoms with Crippen LogP contribution in [0.4, 0.5) is 0 Å². The number of pyridine rings is 1. The summed E-state index contributed by atoms with van der Waals surface area (Å²) in [6, 6.07) is 23.9. The fraction of sp³-hybridized carbons (Fsp3) is 0.393. The van der Waals surface area contributed by atoms with Gasteiger partial charge in [-0.2, -0.15) is 0 Å². The summed E-state index contributed by atoms with van der Waals surface area (Å²) >= 11 is 0. The van der Waals surface area contributed by atoms with E-state index in [4.69, 9.17) is 14.0 Å². The van der Waals surface area contributed by atoms with Crippen LogP contribution in [0.1, 0.15) is 51.3 Å². The molecule has 0 saturated heterocycles. The van der Waals surface area contributed by atoms with Crippen LogP contribution in [-0.2, 0) is 21.9 Å². The van der Waals surface area contributed by atoms with Crippen LogP contribution >= 0.6 is 8.38 Å². The first-order valence-corrected chi connectivity index (χ1v) is 13.3. The van der Waals surface area contributed by atoms with E-state index >= 15 is 0 Å². The van der Waals surface area contributed by atoms with Crippen molar-refractivity contribution in [3.8, 4) is 22.4 Å². The number of rotatable bonds is 13. The SMILES string of the molecule is CCOP(CCCCCc1ccc(-c2ccc(CC)cc2)c(-c2ccccc2)n1)OCC. The number of aromatic nitrogens is 1. The minimum atomic E-state index is -0.717. The lowest BCUT2D eigenvalue weighted by Crippen LogP contribution is -1.98. The van der Waals surface area contributed by atoms with Gasteiger partial charge in [0.05, 0.1) is 18.9 Å². The van der Waals surface area contributed by atoms with E-state index < -0.39 is 8.38 Å². The fourth-order valence-corrected chi connectivity index (χ4v) is 5.18. The van der Waals surface area contributed by atoms with Gasteiger partial charge in [0.1, 0.15) is 0 Å². The third-order valence-electron chi connectivity index (χ3n) is 5.49. The van der Waals surface area contributed by atoms with E-state index in [1.54, 1.807) is 0 Å². The topological polar surface area (TPSA) is 31.4 Å². The summed E-state index contributed by atoms with van der Waals surface area (Å²) in [5.41, 5.74) is 7.18. The average Bonchev–Trinajstić information content (AvgIpc) is 2.84. The Hall–Kier alpha value is -2.06. The molecule has 3 nitrogen and oxygen atoms in total. The van der Waals surface area contributed by atoms with Crippen molar-refractivity contribution in [3.05, 3.63) is 78.0 Å². The van der Waals surface area contributed by atoms with Crippen LogP contribution in [0.5, 0.6) is 0 Å². The summed E-state index contributed by atoms with van der Waals surface area (Å²) in [4.78, 5) is 5.11. The molecule has 0 radical (unpaired) electrons. The maximum absolute atomic E-state index is 5.71. The minimum absolute atomic E-state index is 0.717. The largest absolute Gasteiger partial charge is 0.334 e. The Morgan fingerprint density at radius 3 is 2.09 bits per heavy atom. The molecule has 0 aliphatic heterocycles. The highest BCUT2D eigenvalue weighted by molar-refractivity contribution is 7.47. The molecule has 0 spiro atoms. The second-order valence-electron chi connectivity index (χ2n) is 7.82. The lowest BCUT2D eigenvalue weighted by Gasteiger charge is -2.15. The minimum Gasteiger partial charge on any atom is -0.334 e. The smallest absolute Gasteiger partial charge is 0.170 e. The van der Waals surface area contributed by atoms with Gasteiger partial charge >= 0.3 is 0 Å². The van der Waals surface area contributed by atoms with Crippen LogP contribution in [0.15, 0.2) is 66.7 Å². The molecule has 0 aliphatic rings. The average molecular weight is 450 g/mol. The Morgan fingerprint density at radius 2 is 1.44 bits per heavy atom. The standard InChI is InChI=1S/C28H36NO2P/c1-4-23-16-18-24(19-17-23)27-21-20-26(29-28(27)25-13-9-7-10-14-25)15-11-8-12-22-32(30-5-2)31-6-3/h7,9-10,13-14,16-21H,4-6,8,11-12,15,22H2,1-3H3. The fourth-order valence-electron chi connectivity index (χ4n) is 3.79. The molecular formula is C28H36NO2P. The van der Waals surface area contributed by atoms with E-state index in [9.17, 15) is 0 Å². The van der Waals surface area contributed by atoms with Gasteiger partial charge in [0.15, 0.2) is 8.38 Å². The van der Waals surface area contributed by atoms with Crippen molar-refractivity contribution < 1.29 is 9.05 Å². The van der Waals surface area contributed by atoms with Crippen LogP contribution in [0.2, 0.25) is 0 Å². The van der Waals surface area contributed by atoms with Crippen molar-refractivity contribution in [1.82, 2.24) is 4.98 Å². The molecule has 4 heteroatoms. The third kappa shape index (κ3) is 7.24. The molecule has 0 aliphatic carbocycles. The highest BCUT2D eigenvalue weighted by Gasteiger charge is 2.12. The molecule has 3 aromatic rings. The molecule has 0 atom stereocenters. The molecular weight excluding hydrogens is 413 g/mol. The zero-order chi connectivity index (χ0) is 22.6. The van der Waals surface area contributed by atoms with E-state index in [0.29, 0.717) is 0 Å². The van der Waals surface area contributed by atoms with Gasteiger partial charge in [-0.25, -0.2) is 0 Å². The van der Waals surface area contributed by atoms with Gasteiger partial charge < -0.3 is 9.05 Å². The predicted molar refractivity (Wildman–Crippen MR) is 137 cm³/mol. The highest BCUT2D eigenvalue weighted by Crippen LogP contribution is 2.39. The second-order valence-corrected chi connectivity index (χ2v) is 9.45. The van der Waals surface area contributed by atoms with Crippen LogP contribution in [0, 0.1) is 0 Å². The molecule has 0 saturated carbocycles.